The fourth-order valence-corrected chi connectivity index (χ4v) is 3.81. The minimum atomic E-state index is -0.329. The molecule has 0 radical (unpaired) electrons. The summed E-state index contributed by atoms with van der Waals surface area (Å²) in [6, 6.07) is 6.01. The van der Waals surface area contributed by atoms with Crippen molar-refractivity contribution in [2.75, 3.05) is 39.3 Å². The fourth-order valence-electron chi connectivity index (χ4n) is 3.81. The highest BCUT2D eigenvalue weighted by Crippen LogP contribution is 2.28. The van der Waals surface area contributed by atoms with Gasteiger partial charge in [0.15, 0.2) is 0 Å². The van der Waals surface area contributed by atoms with Gasteiger partial charge in [-0.1, -0.05) is 24.5 Å². The summed E-state index contributed by atoms with van der Waals surface area (Å²) in [6.07, 6.45) is 4.08. The standard InChI is InChI=1S/C22H32N6O3/c1-14-8-9-16-15(12-14)20(28-21(26-16)22(29)24-10-11-30-2)27-18-7-5-4-6-17(18)25-19(23)13-31-3/h8-9,12,17-18H,4-7,10-11,13H2,1-3H3,(H2,23,25)(H,24,29)(H,26,27,28)/t17-,18+/m1/s1. The second-order valence-electron chi connectivity index (χ2n) is 7.82. The van der Waals surface area contributed by atoms with Gasteiger partial charge in [0.25, 0.3) is 5.91 Å². The van der Waals surface area contributed by atoms with Crippen molar-refractivity contribution in [1.82, 2.24) is 15.3 Å². The highest BCUT2D eigenvalue weighted by molar-refractivity contribution is 5.96. The van der Waals surface area contributed by atoms with Crippen LogP contribution in [0.1, 0.15) is 41.9 Å². The van der Waals surface area contributed by atoms with E-state index in [1.807, 2.05) is 25.1 Å². The number of carbonyl (C=O) groups excluding carboxylic acids is 1. The molecule has 1 amide bonds. The number of aliphatic imine (C=N–C) groups is 1. The average Bonchev–Trinajstić information content (AvgIpc) is 2.75. The first-order valence-corrected chi connectivity index (χ1v) is 10.6. The highest BCUT2D eigenvalue weighted by atomic mass is 16.5. The minimum Gasteiger partial charge on any atom is -0.386 e. The molecule has 0 saturated heterocycles. The lowest BCUT2D eigenvalue weighted by molar-refractivity contribution is 0.0927. The minimum absolute atomic E-state index is 0.0257. The number of hydrogen-bond acceptors (Lipinski definition) is 7. The van der Waals surface area contributed by atoms with Gasteiger partial charge in [-0.15, -0.1) is 0 Å². The average molecular weight is 429 g/mol. The topological polar surface area (TPSA) is 124 Å². The summed E-state index contributed by atoms with van der Waals surface area (Å²) < 4.78 is 10.1. The van der Waals surface area contributed by atoms with Crippen molar-refractivity contribution < 1.29 is 14.3 Å². The molecule has 4 N–H and O–H groups in total. The Morgan fingerprint density at radius 3 is 2.81 bits per heavy atom. The van der Waals surface area contributed by atoms with Gasteiger partial charge in [0, 0.05) is 32.2 Å². The lowest BCUT2D eigenvalue weighted by Gasteiger charge is -2.30. The number of nitrogens with two attached hydrogens (primary N) is 1. The number of aromatic nitrogens is 2. The molecule has 3 rings (SSSR count). The number of amides is 1. The number of nitrogens with one attached hydrogen (secondary N) is 2. The van der Waals surface area contributed by atoms with Crippen molar-refractivity contribution in [2.45, 2.75) is 44.7 Å². The largest absolute Gasteiger partial charge is 0.386 e. The van der Waals surface area contributed by atoms with Crippen LogP contribution < -0.4 is 16.4 Å². The second kappa shape index (κ2) is 11.0. The molecule has 1 fully saturated rings. The molecule has 1 aromatic heterocycles. The van der Waals surface area contributed by atoms with Crippen LogP contribution >= 0.6 is 0 Å². The highest BCUT2D eigenvalue weighted by Gasteiger charge is 2.26. The van der Waals surface area contributed by atoms with Crippen LogP contribution in [0.3, 0.4) is 0 Å². The number of anilines is 1. The molecule has 1 aromatic carbocycles. The summed E-state index contributed by atoms with van der Waals surface area (Å²) in [7, 11) is 3.19. The van der Waals surface area contributed by atoms with Crippen molar-refractivity contribution in [3.63, 3.8) is 0 Å². The van der Waals surface area contributed by atoms with Gasteiger partial charge in [0.05, 0.1) is 18.2 Å². The maximum atomic E-state index is 12.6. The normalized spacial score (nSPS) is 19.4. The van der Waals surface area contributed by atoms with E-state index in [4.69, 9.17) is 15.2 Å². The summed E-state index contributed by atoms with van der Waals surface area (Å²) in [4.78, 5) is 26.3. The third-order valence-corrected chi connectivity index (χ3v) is 5.32. The number of benzene rings is 1. The first-order valence-electron chi connectivity index (χ1n) is 10.6. The van der Waals surface area contributed by atoms with Crippen LogP contribution in [0.25, 0.3) is 10.9 Å². The van der Waals surface area contributed by atoms with Gasteiger partial charge < -0.3 is 25.8 Å². The SMILES string of the molecule is COCCNC(=O)c1nc(N[C@H]2CCCC[C@H]2N=C(N)COC)c2cc(C)ccc2n1. The molecule has 0 aliphatic heterocycles. The van der Waals surface area contributed by atoms with E-state index in [0.717, 1.165) is 42.1 Å². The lowest BCUT2D eigenvalue weighted by atomic mass is 9.90. The zero-order valence-corrected chi connectivity index (χ0v) is 18.5. The Labute approximate surface area is 182 Å². The zero-order valence-electron chi connectivity index (χ0n) is 18.5. The van der Waals surface area contributed by atoms with Crippen LogP contribution in [-0.2, 0) is 9.47 Å². The molecule has 0 bridgehead atoms. The van der Waals surface area contributed by atoms with E-state index in [9.17, 15) is 4.79 Å². The molecule has 1 aliphatic carbocycles. The zero-order chi connectivity index (χ0) is 22.2. The van der Waals surface area contributed by atoms with E-state index in [1.54, 1.807) is 14.2 Å². The van der Waals surface area contributed by atoms with E-state index in [-0.39, 0.29) is 23.8 Å². The van der Waals surface area contributed by atoms with Crippen LogP contribution in [-0.4, -0.2) is 67.8 Å². The Hall–Kier alpha value is -2.78. The molecule has 168 valence electrons. The maximum absolute atomic E-state index is 12.6. The third kappa shape index (κ3) is 6.11. The third-order valence-electron chi connectivity index (χ3n) is 5.32. The van der Waals surface area contributed by atoms with Gasteiger partial charge in [-0.2, -0.15) is 0 Å². The summed E-state index contributed by atoms with van der Waals surface area (Å²) >= 11 is 0. The quantitative estimate of drug-likeness (QED) is 0.317. The van der Waals surface area contributed by atoms with E-state index in [2.05, 4.69) is 25.6 Å². The first kappa shape index (κ1) is 22.9. The van der Waals surface area contributed by atoms with Gasteiger partial charge in [-0.3, -0.25) is 9.79 Å². The van der Waals surface area contributed by atoms with Crippen LogP contribution in [0, 0.1) is 6.92 Å². The molecule has 9 nitrogen and oxygen atoms in total. The van der Waals surface area contributed by atoms with Crippen molar-refractivity contribution >= 4 is 28.5 Å². The summed E-state index contributed by atoms with van der Waals surface area (Å²) in [5.74, 6) is 0.931. The molecule has 0 unspecified atom stereocenters. The van der Waals surface area contributed by atoms with Crippen LogP contribution in [0.5, 0.6) is 0 Å². The number of hydrogen-bond donors (Lipinski definition) is 3. The second-order valence-corrected chi connectivity index (χ2v) is 7.82. The Bertz CT molecular complexity index is 933. The first-order chi connectivity index (χ1) is 15.0. The van der Waals surface area contributed by atoms with Gasteiger partial charge in [0.1, 0.15) is 18.3 Å². The number of aryl methyl sites for hydroxylation is 1. The molecular weight excluding hydrogens is 396 g/mol. The molecule has 2 aromatic rings. The predicted octanol–water partition coefficient (Wildman–Crippen LogP) is 2.04. The molecule has 1 saturated carbocycles. The number of amidine groups is 1. The summed E-state index contributed by atoms with van der Waals surface area (Å²) in [6.45, 7) is 3.15. The summed E-state index contributed by atoms with van der Waals surface area (Å²) in [5.41, 5.74) is 7.82. The smallest absolute Gasteiger partial charge is 0.289 e. The van der Waals surface area contributed by atoms with Gasteiger partial charge in [0.2, 0.25) is 5.82 Å². The predicted molar refractivity (Wildman–Crippen MR) is 122 cm³/mol. The lowest BCUT2D eigenvalue weighted by Crippen LogP contribution is -2.38. The van der Waals surface area contributed by atoms with Crippen LogP contribution in [0.15, 0.2) is 23.2 Å². The van der Waals surface area contributed by atoms with Crippen LogP contribution in [0.4, 0.5) is 5.82 Å². The molecular formula is C22H32N6O3. The molecule has 2 atom stereocenters. The van der Waals surface area contributed by atoms with Gasteiger partial charge in [-0.25, -0.2) is 9.97 Å². The summed E-state index contributed by atoms with van der Waals surface area (Å²) in [5, 5.41) is 7.22. The molecule has 1 aliphatic rings. The number of fused-ring (bicyclic) bond motifs is 1. The molecule has 1 heterocycles. The van der Waals surface area contributed by atoms with Gasteiger partial charge in [-0.05, 0) is 31.9 Å². The van der Waals surface area contributed by atoms with Crippen LogP contribution in [0.2, 0.25) is 0 Å². The number of rotatable bonds is 9. The van der Waals surface area contributed by atoms with Crippen molar-refractivity contribution in [2.24, 2.45) is 10.7 Å². The monoisotopic (exact) mass is 428 g/mol. The molecule has 31 heavy (non-hydrogen) atoms. The van der Waals surface area contributed by atoms with E-state index in [1.165, 1.54) is 0 Å². The van der Waals surface area contributed by atoms with E-state index < -0.39 is 0 Å². The number of carbonyl (C=O) groups is 1. The maximum Gasteiger partial charge on any atom is 0.289 e. The van der Waals surface area contributed by atoms with Crippen molar-refractivity contribution in [3.05, 3.63) is 29.6 Å². The van der Waals surface area contributed by atoms with E-state index >= 15 is 0 Å². The molecule has 9 heteroatoms. The number of ether oxygens (including phenoxy) is 2. The van der Waals surface area contributed by atoms with Crippen molar-refractivity contribution in [3.8, 4) is 0 Å². The fraction of sp³-hybridized carbons (Fsp3) is 0.545. The van der Waals surface area contributed by atoms with Gasteiger partial charge >= 0.3 is 0 Å². The Morgan fingerprint density at radius 2 is 2.03 bits per heavy atom. The van der Waals surface area contributed by atoms with Crippen molar-refractivity contribution in [1.29, 1.82) is 0 Å². The Balaban J connectivity index is 1.92. The number of methoxy groups -OCH3 is 2. The van der Waals surface area contributed by atoms with E-state index in [0.29, 0.717) is 31.4 Å². The Morgan fingerprint density at radius 1 is 1.23 bits per heavy atom. The Kier molecular flexibility index (Phi) is 8.13. The molecule has 0 spiro atoms. The number of nitrogens with zero attached hydrogens (tertiary/aromatic N) is 3.